The highest BCUT2D eigenvalue weighted by atomic mass is 32.2. The van der Waals surface area contributed by atoms with Crippen molar-refractivity contribution in [2.75, 3.05) is 12.0 Å². The van der Waals surface area contributed by atoms with Gasteiger partial charge < -0.3 is 14.8 Å². The van der Waals surface area contributed by atoms with Crippen LogP contribution in [0.5, 0.6) is 0 Å². The minimum absolute atomic E-state index is 0.0432. The molecule has 1 N–H and O–H groups in total. The van der Waals surface area contributed by atoms with Crippen molar-refractivity contribution in [3.05, 3.63) is 0 Å². The van der Waals surface area contributed by atoms with Crippen molar-refractivity contribution in [3.8, 4) is 0 Å². The number of nitrogens with one attached hydrogen (secondary N) is 1. The zero-order valence-corrected chi connectivity index (χ0v) is 11.3. The summed E-state index contributed by atoms with van der Waals surface area (Å²) in [5, 5.41) is 2.30. The highest BCUT2D eigenvalue weighted by Crippen LogP contribution is 2.07. The van der Waals surface area contributed by atoms with E-state index in [4.69, 9.17) is 4.74 Å². The topological polar surface area (TPSA) is 89.5 Å². The Morgan fingerprint density at radius 3 is 2.29 bits per heavy atom. The van der Waals surface area contributed by atoms with Gasteiger partial charge in [0, 0.05) is 6.26 Å². The van der Waals surface area contributed by atoms with Crippen molar-refractivity contribution < 1.29 is 22.7 Å². The number of ether oxygens (including phenoxy) is 1. The SMILES string of the molecule is CC(C)(C)OC(=O)NC(C=O)CCS(C)(=O)=O. The predicted molar refractivity (Wildman–Crippen MR) is 63.5 cm³/mol. The van der Waals surface area contributed by atoms with Gasteiger partial charge in [0.1, 0.15) is 21.7 Å². The zero-order valence-electron chi connectivity index (χ0n) is 10.5. The first-order valence-corrected chi connectivity index (χ1v) is 7.22. The Labute approximate surface area is 102 Å². The summed E-state index contributed by atoms with van der Waals surface area (Å²) >= 11 is 0. The van der Waals surface area contributed by atoms with E-state index in [1.807, 2.05) is 0 Å². The number of amides is 1. The highest BCUT2D eigenvalue weighted by Gasteiger charge is 2.19. The molecule has 100 valence electrons. The van der Waals surface area contributed by atoms with Crippen LogP contribution in [-0.2, 0) is 19.4 Å². The molecule has 0 aliphatic heterocycles. The smallest absolute Gasteiger partial charge is 0.408 e. The second-order valence-electron chi connectivity index (χ2n) is 4.81. The lowest BCUT2D eigenvalue weighted by molar-refractivity contribution is -0.109. The maximum Gasteiger partial charge on any atom is 0.408 e. The maximum absolute atomic E-state index is 11.3. The van der Waals surface area contributed by atoms with Gasteiger partial charge in [-0.1, -0.05) is 0 Å². The van der Waals surface area contributed by atoms with Crippen LogP contribution in [0.25, 0.3) is 0 Å². The Kier molecular flexibility index (Phi) is 5.60. The fourth-order valence-corrected chi connectivity index (χ4v) is 1.66. The van der Waals surface area contributed by atoms with Gasteiger partial charge in [-0.05, 0) is 27.2 Å². The molecule has 0 aromatic carbocycles. The summed E-state index contributed by atoms with van der Waals surface area (Å²) in [4.78, 5) is 22.0. The van der Waals surface area contributed by atoms with E-state index in [-0.39, 0.29) is 12.2 Å². The number of rotatable bonds is 5. The molecule has 0 aliphatic rings. The number of sulfone groups is 1. The Morgan fingerprint density at radius 2 is 1.94 bits per heavy atom. The number of hydrogen-bond acceptors (Lipinski definition) is 5. The number of aldehydes is 1. The van der Waals surface area contributed by atoms with Gasteiger partial charge in [-0.3, -0.25) is 0 Å². The largest absolute Gasteiger partial charge is 0.444 e. The molecule has 0 radical (unpaired) electrons. The fraction of sp³-hybridized carbons (Fsp3) is 0.800. The second kappa shape index (κ2) is 6.00. The van der Waals surface area contributed by atoms with E-state index in [0.717, 1.165) is 6.26 Å². The summed E-state index contributed by atoms with van der Waals surface area (Å²) in [5.74, 6) is -0.161. The molecule has 0 heterocycles. The van der Waals surface area contributed by atoms with E-state index < -0.39 is 27.6 Å². The zero-order chi connectivity index (χ0) is 13.7. The summed E-state index contributed by atoms with van der Waals surface area (Å²) < 4.78 is 26.8. The van der Waals surface area contributed by atoms with E-state index in [9.17, 15) is 18.0 Å². The van der Waals surface area contributed by atoms with E-state index >= 15 is 0 Å². The van der Waals surface area contributed by atoms with Crippen LogP contribution in [0.3, 0.4) is 0 Å². The van der Waals surface area contributed by atoms with Gasteiger partial charge in [0.25, 0.3) is 0 Å². The number of hydrogen-bond donors (Lipinski definition) is 1. The van der Waals surface area contributed by atoms with Crippen molar-refractivity contribution in [2.24, 2.45) is 0 Å². The van der Waals surface area contributed by atoms with Crippen molar-refractivity contribution >= 4 is 22.2 Å². The minimum atomic E-state index is -3.15. The van der Waals surface area contributed by atoms with Crippen LogP contribution in [0.1, 0.15) is 27.2 Å². The van der Waals surface area contributed by atoms with E-state index in [1.54, 1.807) is 20.8 Å². The molecule has 7 heteroatoms. The van der Waals surface area contributed by atoms with Crippen LogP contribution in [0, 0.1) is 0 Å². The second-order valence-corrected chi connectivity index (χ2v) is 7.07. The first-order chi connectivity index (χ1) is 7.53. The number of alkyl carbamates (subject to hydrolysis) is 1. The summed E-state index contributed by atoms with van der Waals surface area (Å²) in [6, 6.07) is -0.848. The van der Waals surface area contributed by atoms with Gasteiger partial charge in [-0.2, -0.15) is 0 Å². The number of carbonyl (C=O) groups excluding carboxylic acids is 2. The van der Waals surface area contributed by atoms with Crippen LogP contribution in [0.2, 0.25) is 0 Å². The first kappa shape index (κ1) is 15.9. The standard InChI is InChI=1S/C10H19NO5S/c1-10(2,3)16-9(13)11-8(7-12)5-6-17(4,14)15/h7-8H,5-6H2,1-4H3,(H,11,13). The van der Waals surface area contributed by atoms with Gasteiger partial charge in [0.05, 0.1) is 11.8 Å². The van der Waals surface area contributed by atoms with Gasteiger partial charge in [0.15, 0.2) is 0 Å². The molecule has 1 amide bonds. The maximum atomic E-state index is 11.3. The molecular formula is C10H19NO5S. The van der Waals surface area contributed by atoms with Crippen LogP contribution in [0.4, 0.5) is 4.79 Å². The van der Waals surface area contributed by atoms with Crippen LogP contribution < -0.4 is 5.32 Å². The Bertz CT molecular complexity index is 369. The lowest BCUT2D eigenvalue weighted by atomic mass is 10.2. The molecule has 0 saturated carbocycles. The quantitative estimate of drug-likeness (QED) is 0.732. The molecule has 0 spiro atoms. The first-order valence-electron chi connectivity index (χ1n) is 5.16. The Hall–Kier alpha value is -1.11. The summed E-state index contributed by atoms with van der Waals surface area (Å²) in [5.41, 5.74) is -0.658. The molecule has 0 saturated heterocycles. The molecule has 6 nitrogen and oxygen atoms in total. The minimum Gasteiger partial charge on any atom is -0.444 e. The van der Waals surface area contributed by atoms with Crippen LogP contribution in [0.15, 0.2) is 0 Å². The van der Waals surface area contributed by atoms with Gasteiger partial charge in [-0.15, -0.1) is 0 Å². The molecule has 1 unspecified atom stereocenters. The van der Waals surface area contributed by atoms with E-state index in [2.05, 4.69) is 5.32 Å². The van der Waals surface area contributed by atoms with Gasteiger partial charge >= 0.3 is 6.09 Å². The van der Waals surface area contributed by atoms with Crippen molar-refractivity contribution in [1.29, 1.82) is 0 Å². The molecule has 0 aliphatic carbocycles. The molecular weight excluding hydrogens is 246 g/mol. The monoisotopic (exact) mass is 265 g/mol. The average molecular weight is 265 g/mol. The molecule has 0 aromatic rings. The third kappa shape index (κ3) is 9.80. The fourth-order valence-electron chi connectivity index (χ4n) is 0.974. The van der Waals surface area contributed by atoms with Crippen LogP contribution in [-0.4, -0.2) is 44.4 Å². The summed E-state index contributed by atoms with van der Waals surface area (Å²) in [7, 11) is -3.15. The average Bonchev–Trinajstić information content (AvgIpc) is 2.07. The van der Waals surface area contributed by atoms with Gasteiger partial charge in [-0.25, -0.2) is 13.2 Å². The molecule has 1 atom stereocenters. The predicted octanol–water partition coefficient (Wildman–Crippen LogP) is 0.513. The lowest BCUT2D eigenvalue weighted by Crippen LogP contribution is -2.40. The number of carbonyl (C=O) groups is 2. The van der Waals surface area contributed by atoms with E-state index in [0.29, 0.717) is 6.29 Å². The normalized spacial score (nSPS) is 13.9. The summed E-state index contributed by atoms with van der Waals surface area (Å²) in [6.45, 7) is 5.08. The molecule has 0 aromatic heterocycles. The van der Waals surface area contributed by atoms with Crippen molar-refractivity contribution in [3.63, 3.8) is 0 Å². The van der Waals surface area contributed by atoms with Crippen LogP contribution >= 0.6 is 0 Å². The molecule has 0 rings (SSSR count). The Morgan fingerprint density at radius 1 is 1.41 bits per heavy atom. The van der Waals surface area contributed by atoms with E-state index in [1.165, 1.54) is 0 Å². The van der Waals surface area contributed by atoms with Gasteiger partial charge in [0.2, 0.25) is 0 Å². The molecule has 17 heavy (non-hydrogen) atoms. The molecule has 0 fully saturated rings. The highest BCUT2D eigenvalue weighted by molar-refractivity contribution is 7.90. The Balaban J connectivity index is 4.23. The van der Waals surface area contributed by atoms with Crippen molar-refractivity contribution in [2.45, 2.75) is 38.8 Å². The summed E-state index contributed by atoms with van der Waals surface area (Å²) in [6.07, 6.45) is 0.877. The third-order valence-corrected chi connectivity index (χ3v) is 2.64. The molecule has 0 bridgehead atoms. The lowest BCUT2D eigenvalue weighted by Gasteiger charge is -2.21. The van der Waals surface area contributed by atoms with Crippen molar-refractivity contribution in [1.82, 2.24) is 5.32 Å². The third-order valence-electron chi connectivity index (χ3n) is 1.67.